The fraction of sp³-hybridized carbons (Fsp3) is 0.308. The molecule has 82 valence electrons. The zero-order valence-electron chi connectivity index (χ0n) is 9.13. The first-order valence-corrected chi connectivity index (χ1v) is 5.66. The quantitative estimate of drug-likeness (QED) is 0.818. The number of nitrogens with zero attached hydrogens (tertiary/aromatic N) is 2. The van der Waals surface area contributed by atoms with E-state index in [9.17, 15) is 0 Å². The Hall–Kier alpha value is -1.61. The Morgan fingerprint density at radius 1 is 1.25 bits per heavy atom. The van der Waals surface area contributed by atoms with Gasteiger partial charge in [-0.15, -0.1) is 0 Å². The molecule has 0 aliphatic heterocycles. The van der Waals surface area contributed by atoms with Gasteiger partial charge in [0.25, 0.3) is 0 Å². The number of fused-ring (bicyclic) bond motifs is 1. The topological polar surface area (TPSA) is 43.8 Å². The third-order valence-corrected chi connectivity index (χ3v) is 3.15. The van der Waals surface area contributed by atoms with Crippen molar-refractivity contribution in [1.29, 1.82) is 0 Å². The lowest BCUT2D eigenvalue weighted by Gasteiger charge is -2.06. The second-order valence-corrected chi connectivity index (χ2v) is 4.43. The Bertz CT molecular complexity index is 487. The molecule has 2 aromatic rings. The van der Waals surface area contributed by atoms with E-state index in [4.69, 9.17) is 5.73 Å². The first-order valence-electron chi connectivity index (χ1n) is 5.66. The maximum Gasteiger partial charge on any atom is 0.0662 e. The van der Waals surface area contributed by atoms with Crippen LogP contribution in [0, 0.1) is 0 Å². The fourth-order valence-electron chi connectivity index (χ4n) is 2.35. The molecule has 0 spiro atoms. The molecular weight excluding hydrogens is 198 g/mol. The highest BCUT2D eigenvalue weighted by Gasteiger charge is 2.22. The molecule has 2 N–H and O–H groups in total. The Labute approximate surface area is 94.9 Å². The molecule has 3 nitrogen and oxygen atoms in total. The van der Waals surface area contributed by atoms with Gasteiger partial charge in [0.1, 0.15) is 0 Å². The van der Waals surface area contributed by atoms with Crippen LogP contribution in [0.5, 0.6) is 0 Å². The second-order valence-electron chi connectivity index (χ2n) is 4.43. The van der Waals surface area contributed by atoms with E-state index in [0.29, 0.717) is 0 Å². The normalized spacial score (nSPS) is 18.7. The minimum absolute atomic E-state index is 0.287. The van der Waals surface area contributed by atoms with Crippen molar-refractivity contribution < 1.29 is 0 Å². The van der Waals surface area contributed by atoms with Crippen molar-refractivity contribution in [2.24, 2.45) is 5.73 Å². The smallest absolute Gasteiger partial charge is 0.0662 e. The zero-order valence-corrected chi connectivity index (χ0v) is 9.13. The summed E-state index contributed by atoms with van der Waals surface area (Å²) in [5, 5.41) is 4.43. The monoisotopic (exact) mass is 213 g/mol. The predicted octanol–water partition coefficient (Wildman–Crippen LogP) is 1.36. The van der Waals surface area contributed by atoms with Crippen molar-refractivity contribution in [3.05, 3.63) is 53.3 Å². The largest absolute Gasteiger partial charge is 0.327 e. The molecule has 0 fully saturated rings. The maximum absolute atomic E-state index is 5.95. The first-order chi connectivity index (χ1) is 7.83. The highest BCUT2D eigenvalue weighted by molar-refractivity contribution is 5.27. The number of hydrogen-bond acceptors (Lipinski definition) is 2. The molecule has 1 aromatic carbocycles. The van der Waals surface area contributed by atoms with E-state index in [1.165, 1.54) is 16.8 Å². The van der Waals surface area contributed by atoms with Crippen LogP contribution in [-0.2, 0) is 19.4 Å². The van der Waals surface area contributed by atoms with Crippen LogP contribution in [0.4, 0.5) is 0 Å². The van der Waals surface area contributed by atoms with Crippen molar-refractivity contribution in [3.63, 3.8) is 0 Å². The Balaban J connectivity index is 1.87. The average Bonchev–Trinajstić information content (AvgIpc) is 2.81. The zero-order chi connectivity index (χ0) is 11.0. The Morgan fingerprint density at radius 2 is 2.06 bits per heavy atom. The molecule has 3 heteroatoms. The van der Waals surface area contributed by atoms with Crippen LogP contribution in [0.2, 0.25) is 0 Å². The van der Waals surface area contributed by atoms with Crippen LogP contribution in [0.3, 0.4) is 0 Å². The molecule has 1 atom stereocenters. The van der Waals surface area contributed by atoms with Crippen molar-refractivity contribution in [1.82, 2.24) is 9.78 Å². The molecule has 1 heterocycles. The molecule has 1 aromatic heterocycles. The highest BCUT2D eigenvalue weighted by atomic mass is 15.3. The second kappa shape index (κ2) is 3.76. The van der Waals surface area contributed by atoms with Crippen molar-refractivity contribution in [3.8, 4) is 0 Å². The Morgan fingerprint density at radius 3 is 2.88 bits per heavy atom. The summed E-state index contributed by atoms with van der Waals surface area (Å²) in [4.78, 5) is 0. The summed E-state index contributed by atoms with van der Waals surface area (Å²) >= 11 is 0. The molecule has 0 unspecified atom stereocenters. The van der Waals surface area contributed by atoms with Gasteiger partial charge in [-0.25, -0.2) is 0 Å². The van der Waals surface area contributed by atoms with Crippen LogP contribution in [0.15, 0.2) is 36.5 Å². The van der Waals surface area contributed by atoms with Gasteiger partial charge in [-0.3, -0.25) is 4.68 Å². The van der Waals surface area contributed by atoms with Crippen molar-refractivity contribution >= 4 is 0 Å². The summed E-state index contributed by atoms with van der Waals surface area (Å²) in [6, 6.07) is 10.7. The number of aromatic nitrogens is 2. The lowest BCUT2D eigenvalue weighted by Crippen LogP contribution is -2.20. The number of benzene rings is 1. The summed E-state index contributed by atoms with van der Waals surface area (Å²) in [5.74, 6) is 0. The molecule has 3 rings (SSSR count). The average molecular weight is 213 g/mol. The minimum atomic E-state index is 0.287. The lowest BCUT2D eigenvalue weighted by molar-refractivity contribution is 0.618. The van der Waals surface area contributed by atoms with Crippen LogP contribution in [0.1, 0.15) is 16.8 Å². The molecule has 0 radical (unpaired) electrons. The van der Waals surface area contributed by atoms with Crippen molar-refractivity contribution in [2.75, 3.05) is 0 Å². The van der Waals surface area contributed by atoms with Gasteiger partial charge in [0.15, 0.2) is 0 Å². The van der Waals surface area contributed by atoms with Gasteiger partial charge >= 0.3 is 0 Å². The summed E-state index contributed by atoms with van der Waals surface area (Å²) in [5.41, 5.74) is 9.88. The van der Waals surface area contributed by atoms with Gasteiger partial charge in [-0.2, -0.15) is 5.10 Å². The minimum Gasteiger partial charge on any atom is -0.327 e. The lowest BCUT2D eigenvalue weighted by atomic mass is 10.2. The molecule has 0 saturated heterocycles. The molecule has 0 bridgehead atoms. The summed E-state index contributed by atoms with van der Waals surface area (Å²) in [7, 11) is 0. The molecular formula is C13H15N3. The standard InChI is InChI=1S/C13H15N3/c14-12-6-11-8-15-16(13(11)7-12)9-10-4-2-1-3-5-10/h1-5,8,12H,6-7,9,14H2/t12-/m1/s1. The van der Waals surface area contributed by atoms with E-state index in [0.717, 1.165) is 19.4 Å². The van der Waals surface area contributed by atoms with Crippen LogP contribution < -0.4 is 5.73 Å². The van der Waals surface area contributed by atoms with E-state index in [2.05, 4.69) is 34.0 Å². The number of rotatable bonds is 2. The summed E-state index contributed by atoms with van der Waals surface area (Å²) in [6.45, 7) is 0.850. The fourth-order valence-corrected chi connectivity index (χ4v) is 2.35. The third kappa shape index (κ3) is 1.63. The van der Waals surface area contributed by atoms with E-state index in [1.807, 2.05) is 12.3 Å². The third-order valence-electron chi connectivity index (χ3n) is 3.15. The van der Waals surface area contributed by atoms with Crippen LogP contribution >= 0.6 is 0 Å². The highest BCUT2D eigenvalue weighted by Crippen LogP contribution is 2.21. The summed E-state index contributed by atoms with van der Waals surface area (Å²) in [6.07, 6.45) is 3.90. The van der Waals surface area contributed by atoms with Crippen LogP contribution in [0.25, 0.3) is 0 Å². The molecule has 16 heavy (non-hydrogen) atoms. The molecule has 1 aliphatic carbocycles. The van der Waals surface area contributed by atoms with Gasteiger partial charge in [-0.05, 0) is 17.5 Å². The predicted molar refractivity (Wildman–Crippen MR) is 63.2 cm³/mol. The number of nitrogens with two attached hydrogens (primary N) is 1. The molecule has 0 amide bonds. The molecule has 1 aliphatic rings. The van der Waals surface area contributed by atoms with Gasteiger partial charge < -0.3 is 5.73 Å². The molecule has 0 saturated carbocycles. The first kappa shape index (κ1) is 9.60. The summed E-state index contributed by atoms with van der Waals surface area (Å²) < 4.78 is 2.08. The van der Waals surface area contributed by atoms with Gasteiger partial charge in [0, 0.05) is 18.2 Å². The van der Waals surface area contributed by atoms with E-state index < -0.39 is 0 Å². The van der Waals surface area contributed by atoms with Crippen LogP contribution in [-0.4, -0.2) is 15.8 Å². The van der Waals surface area contributed by atoms with E-state index >= 15 is 0 Å². The van der Waals surface area contributed by atoms with Gasteiger partial charge in [0.05, 0.1) is 12.7 Å². The van der Waals surface area contributed by atoms with E-state index in [1.54, 1.807) is 0 Å². The Kier molecular flexibility index (Phi) is 2.26. The van der Waals surface area contributed by atoms with Gasteiger partial charge in [-0.1, -0.05) is 30.3 Å². The number of hydrogen-bond donors (Lipinski definition) is 1. The van der Waals surface area contributed by atoms with Gasteiger partial charge in [0.2, 0.25) is 0 Å². The van der Waals surface area contributed by atoms with E-state index in [-0.39, 0.29) is 6.04 Å². The maximum atomic E-state index is 5.95. The van der Waals surface area contributed by atoms with Crippen molar-refractivity contribution in [2.45, 2.75) is 25.4 Å². The SMILES string of the molecule is N[C@@H]1Cc2cnn(Cc3ccccc3)c2C1.